The first-order valence-corrected chi connectivity index (χ1v) is 5.32. The van der Waals surface area contributed by atoms with Crippen LogP contribution in [0.3, 0.4) is 0 Å². The summed E-state index contributed by atoms with van der Waals surface area (Å²) in [4.78, 5) is 16.1. The van der Waals surface area contributed by atoms with Gasteiger partial charge in [-0.1, -0.05) is 0 Å². The van der Waals surface area contributed by atoms with Gasteiger partial charge < -0.3 is 20.3 Å². The third-order valence-electron chi connectivity index (χ3n) is 2.99. The summed E-state index contributed by atoms with van der Waals surface area (Å²) in [6.45, 7) is 4.71. The SMILES string of the molecule is CN(C)C(C)(C)CNc1c([N+](=O)[O-])ncn1C. The molecule has 0 spiro atoms. The fourth-order valence-corrected chi connectivity index (χ4v) is 1.21. The Morgan fingerprint density at radius 3 is 2.65 bits per heavy atom. The summed E-state index contributed by atoms with van der Waals surface area (Å²) in [5, 5.41) is 13.9. The van der Waals surface area contributed by atoms with Crippen molar-refractivity contribution in [2.75, 3.05) is 26.0 Å². The lowest BCUT2D eigenvalue weighted by Gasteiger charge is -2.32. The van der Waals surface area contributed by atoms with E-state index in [1.165, 1.54) is 6.33 Å². The molecule has 0 amide bonds. The van der Waals surface area contributed by atoms with Crippen LogP contribution in [0.5, 0.6) is 0 Å². The highest BCUT2D eigenvalue weighted by Crippen LogP contribution is 2.22. The number of aromatic nitrogens is 2. The van der Waals surface area contributed by atoms with E-state index in [1.54, 1.807) is 11.6 Å². The first-order valence-electron chi connectivity index (χ1n) is 5.32. The molecule has 7 heteroatoms. The topological polar surface area (TPSA) is 76.2 Å². The van der Waals surface area contributed by atoms with Crippen LogP contribution in [0.25, 0.3) is 0 Å². The van der Waals surface area contributed by atoms with Crippen LogP contribution >= 0.6 is 0 Å². The summed E-state index contributed by atoms with van der Waals surface area (Å²) in [6, 6.07) is 0. The standard InChI is InChI=1S/C10H19N5O2/c1-10(2,13(3)4)6-11-8-9(15(16)17)12-7-14(8)5/h7,11H,6H2,1-5H3. The van der Waals surface area contributed by atoms with E-state index in [2.05, 4.69) is 29.0 Å². The Hall–Kier alpha value is -1.63. The second-order valence-electron chi connectivity index (χ2n) is 4.85. The smallest absolute Gasteiger partial charge is 0.362 e. The number of rotatable bonds is 5. The van der Waals surface area contributed by atoms with Crippen molar-refractivity contribution in [3.05, 3.63) is 16.4 Å². The lowest BCUT2D eigenvalue weighted by molar-refractivity contribution is -0.388. The van der Waals surface area contributed by atoms with Gasteiger partial charge in [0.2, 0.25) is 12.1 Å². The number of imidazole rings is 1. The molecule has 0 bridgehead atoms. The number of aryl methyl sites for hydroxylation is 1. The van der Waals surface area contributed by atoms with Crippen LogP contribution in [0.1, 0.15) is 13.8 Å². The maximum atomic E-state index is 10.8. The number of nitro groups is 1. The van der Waals surface area contributed by atoms with Gasteiger partial charge in [-0.05, 0) is 37.9 Å². The van der Waals surface area contributed by atoms with E-state index in [4.69, 9.17) is 0 Å². The van der Waals surface area contributed by atoms with Crippen LogP contribution in [0.4, 0.5) is 11.6 Å². The summed E-state index contributed by atoms with van der Waals surface area (Å²) < 4.78 is 1.61. The van der Waals surface area contributed by atoms with Gasteiger partial charge in [-0.15, -0.1) is 0 Å². The molecule has 0 aromatic carbocycles. The predicted molar refractivity (Wildman–Crippen MR) is 66.1 cm³/mol. The molecule has 1 aromatic heterocycles. The van der Waals surface area contributed by atoms with Crippen LogP contribution < -0.4 is 5.32 Å². The molecule has 0 atom stereocenters. The van der Waals surface area contributed by atoms with Crippen molar-refractivity contribution in [1.29, 1.82) is 0 Å². The average Bonchev–Trinajstić information content (AvgIpc) is 2.56. The molecule has 0 saturated heterocycles. The molecule has 96 valence electrons. The number of hydrogen-bond acceptors (Lipinski definition) is 5. The van der Waals surface area contributed by atoms with E-state index in [0.29, 0.717) is 12.4 Å². The van der Waals surface area contributed by atoms with Crippen molar-refractivity contribution >= 4 is 11.6 Å². The molecule has 0 aliphatic rings. The molecule has 1 heterocycles. The number of hydrogen-bond donors (Lipinski definition) is 1. The van der Waals surface area contributed by atoms with Gasteiger partial charge in [-0.3, -0.25) is 4.57 Å². The molecule has 7 nitrogen and oxygen atoms in total. The third-order valence-corrected chi connectivity index (χ3v) is 2.99. The second kappa shape index (κ2) is 4.70. The highest BCUT2D eigenvalue weighted by Gasteiger charge is 2.24. The molecule has 0 radical (unpaired) electrons. The van der Waals surface area contributed by atoms with Crippen LogP contribution in [0.15, 0.2) is 6.33 Å². The van der Waals surface area contributed by atoms with Crippen molar-refractivity contribution < 1.29 is 4.92 Å². The van der Waals surface area contributed by atoms with Crippen LogP contribution in [-0.4, -0.2) is 45.6 Å². The number of likely N-dealkylation sites (N-methyl/N-ethyl adjacent to an activating group) is 1. The molecular weight excluding hydrogens is 222 g/mol. The maximum Gasteiger partial charge on any atom is 0.406 e. The lowest BCUT2D eigenvalue weighted by Crippen LogP contribution is -2.44. The van der Waals surface area contributed by atoms with Gasteiger partial charge in [-0.2, -0.15) is 0 Å². The molecule has 0 aliphatic carbocycles. The van der Waals surface area contributed by atoms with Crippen molar-refractivity contribution in [1.82, 2.24) is 14.5 Å². The molecule has 0 saturated carbocycles. The van der Waals surface area contributed by atoms with Crippen molar-refractivity contribution in [2.45, 2.75) is 19.4 Å². The van der Waals surface area contributed by atoms with Crippen molar-refractivity contribution in [3.8, 4) is 0 Å². The third kappa shape index (κ3) is 2.94. The molecule has 1 rings (SSSR count). The fourth-order valence-electron chi connectivity index (χ4n) is 1.21. The minimum Gasteiger partial charge on any atom is -0.362 e. The van der Waals surface area contributed by atoms with E-state index in [-0.39, 0.29) is 11.4 Å². The molecular formula is C10H19N5O2. The molecule has 1 N–H and O–H groups in total. The highest BCUT2D eigenvalue weighted by molar-refractivity contribution is 5.52. The van der Waals surface area contributed by atoms with Crippen LogP contribution in [0.2, 0.25) is 0 Å². The number of anilines is 1. The van der Waals surface area contributed by atoms with Crippen molar-refractivity contribution in [3.63, 3.8) is 0 Å². The zero-order valence-electron chi connectivity index (χ0n) is 10.9. The van der Waals surface area contributed by atoms with Gasteiger partial charge in [0.05, 0.1) is 0 Å². The van der Waals surface area contributed by atoms with E-state index >= 15 is 0 Å². The molecule has 0 aliphatic heterocycles. The van der Waals surface area contributed by atoms with Gasteiger partial charge in [0.25, 0.3) is 0 Å². The Morgan fingerprint density at radius 2 is 2.18 bits per heavy atom. The fraction of sp³-hybridized carbons (Fsp3) is 0.700. The molecule has 17 heavy (non-hydrogen) atoms. The van der Waals surface area contributed by atoms with E-state index < -0.39 is 4.92 Å². The molecule has 0 unspecified atom stereocenters. The second-order valence-corrected chi connectivity index (χ2v) is 4.85. The summed E-state index contributed by atoms with van der Waals surface area (Å²) >= 11 is 0. The number of nitrogens with zero attached hydrogens (tertiary/aromatic N) is 4. The molecule has 0 fully saturated rings. The zero-order chi connectivity index (χ0) is 13.2. The maximum absolute atomic E-state index is 10.8. The average molecular weight is 241 g/mol. The summed E-state index contributed by atoms with van der Waals surface area (Å²) in [5.74, 6) is 0.298. The summed E-state index contributed by atoms with van der Waals surface area (Å²) in [5.41, 5.74) is -0.0991. The first kappa shape index (κ1) is 13.4. The van der Waals surface area contributed by atoms with Gasteiger partial charge in [-0.25, -0.2) is 0 Å². The zero-order valence-corrected chi connectivity index (χ0v) is 10.9. The highest BCUT2D eigenvalue weighted by atomic mass is 16.6. The van der Waals surface area contributed by atoms with Crippen molar-refractivity contribution in [2.24, 2.45) is 7.05 Å². The Bertz CT molecular complexity index is 411. The minimum absolute atomic E-state index is 0.0991. The van der Waals surface area contributed by atoms with E-state index in [9.17, 15) is 10.1 Å². The largest absolute Gasteiger partial charge is 0.406 e. The van der Waals surface area contributed by atoms with Gasteiger partial charge in [0.1, 0.15) is 0 Å². The normalized spacial score (nSPS) is 11.9. The Balaban J connectivity index is 2.82. The molecule has 1 aromatic rings. The first-order chi connectivity index (χ1) is 7.75. The summed E-state index contributed by atoms with van der Waals surface area (Å²) in [6.07, 6.45) is 1.43. The predicted octanol–water partition coefficient (Wildman–Crippen LogP) is 1.08. The van der Waals surface area contributed by atoms with Gasteiger partial charge >= 0.3 is 5.82 Å². The van der Waals surface area contributed by atoms with Crippen LogP contribution in [0, 0.1) is 10.1 Å². The lowest BCUT2D eigenvalue weighted by atomic mass is 10.0. The van der Waals surface area contributed by atoms with E-state index in [1.807, 2.05) is 14.1 Å². The quantitative estimate of drug-likeness (QED) is 0.616. The Kier molecular flexibility index (Phi) is 3.72. The van der Waals surface area contributed by atoms with Crippen LogP contribution in [-0.2, 0) is 7.05 Å². The van der Waals surface area contributed by atoms with E-state index in [0.717, 1.165) is 0 Å². The Labute approximate surface area is 101 Å². The minimum atomic E-state index is -0.481. The Morgan fingerprint density at radius 1 is 1.59 bits per heavy atom. The van der Waals surface area contributed by atoms with Gasteiger partial charge in [0, 0.05) is 19.1 Å². The summed E-state index contributed by atoms with van der Waals surface area (Å²) in [7, 11) is 5.67. The van der Waals surface area contributed by atoms with Gasteiger partial charge in [0.15, 0.2) is 0 Å². The number of nitrogens with one attached hydrogen (secondary N) is 1. The monoisotopic (exact) mass is 241 g/mol.